The molecule has 120 valence electrons. The number of anilines is 1. The van der Waals surface area contributed by atoms with Crippen molar-refractivity contribution in [2.24, 2.45) is 0 Å². The molecular weight excluding hydrogens is 306 g/mol. The summed E-state index contributed by atoms with van der Waals surface area (Å²) in [5.74, 6) is 1.63. The van der Waals surface area contributed by atoms with Gasteiger partial charge >= 0.3 is 0 Å². The van der Waals surface area contributed by atoms with Gasteiger partial charge in [-0.05, 0) is 38.7 Å². The number of hydrogen-bond acceptors (Lipinski definition) is 6. The number of nitrogens with one attached hydrogen (secondary N) is 1. The van der Waals surface area contributed by atoms with Crippen LogP contribution in [0.5, 0.6) is 0 Å². The highest BCUT2D eigenvalue weighted by atomic mass is 32.1. The minimum Gasteiger partial charge on any atom is -0.368 e. The molecule has 3 aromatic rings. The molecule has 0 atom stereocenters. The van der Waals surface area contributed by atoms with E-state index >= 15 is 0 Å². The van der Waals surface area contributed by atoms with E-state index in [1.807, 2.05) is 12.1 Å². The van der Waals surface area contributed by atoms with Gasteiger partial charge in [0.15, 0.2) is 5.82 Å². The van der Waals surface area contributed by atoms with E-state index in [-0.39, 0.29) is 0 Å². The third kappa shape index (κ3) is 3.65. The fourth-order valence-corrected chi connectivity index (χ4v) is 3.27. The van der Waals surface area contributed by atoms with Crippen LogP contribution in [0.2, 0.25) is 0 Å². The summed E-state index contributed by atoms with van der Waals surface area (Å²) < 4.78 is 0. The number of pyridine rings is 1. The summed E-state index contributed by atoms with van der Waals surface area (Å²) in [5, 5.41) is 4.57. The number of aryl methyl sites for hydroxylation is 1. The molecule has 0 amide bonds. The summed E-state index contributed by atoms with van der Waals surface area (Å²) in [6.45, 7) is 3.97. The smallest absolute Gasteiger partial charge is 0.164 e. The van der Waals surface area contributed by atoms with Crippen molar-refractivity contribution in [3.63, 3.8) is 0 Å². The van der Waals surface area contributed by atoms with E-state index in [9.17, 15) is 0 Å². The van der Waals surface area contributed by atoms with Crippen molar-refractivity contribution in [2.45, 2.75) is 13.3 Å². The molecular formula is C17H21N5S. The first-order chi connectivity index (χ1) is 11.2. The molecule has 23 heavy (non-hydrogen) atoms. The number of thiophene rings is 1. The second kappa shape index (κ2) is 7.02. The number of nitrogens with zero attached hydrogens (tertiary/aromatic N) is 4. The van der Waals surface area contributed by atoms with Crippen LogP contribution in [0.15, 0.2) is 30.6 Å². The SMILES string of the molecule is CCc1cc2c(NCCN(C)C)nc(-c3cccnc3)nc2s1. The average molecular weight is 327 g/mol. The Labute approximate surface area is 140 Å². The lowest BCUT2D eigenvalue weighted by Crippen LogP contribution is -2.21. The topological polar surface area (TPSA) is 53.9 Å². The molecule has 0 spiro atoms. The second-order valence-electron chi connectivity index (χ2n) is 5.65. The van der Waals surface area contributed by atoms with Gasteiger partial charge in [-0.3, -0.25) is 4.98 Å². The van der Waals surface area contributed by atoms with Crippen molar-refractivity contribution in [3.8, 4) is 11.4 Å². The first-order valence-electron chi connectivity index (χ1n) is 7.77. The molecule has 5 nitrogen and oxygen atoms in total. The molecule has 3 rings (SSSR count). The van der Waals surface area contributed by atoms with Gasteiger partial charge in [0, 0.05) is 35.9 Å². The fraction of sp³-hybridized carbons (Fsp3) is 0.353. The van der Waals surface area contributed by atoms with Crippen LogP contribution in [0.25, 0.3) is 21.6 Å². The van der Waals surface area contributed by atoms with E-state index in [2.05, 4.69) is 42.3 Å². The van der Waals surface area contributed by atoms with Crippen LogP contribution < -0.4 is 5.32 Å². The van der Waals surface area contributed by atoms with E-state index in [0.717, 1.165) is 46.9 Å². The monoisotopic (exact) mass is 327 g/mol. The summed E-state index contributed by atoms with van der Waals surface area (Å²) in [6.07, 6.45) is 4.58. The Morgan fingerprint density at radius 2 is 2.13 bits per heavy atom. The highest BCUT2D eigenvalue weighted by Gasteiger charge is 2.12. The van der Waals surface area contributed by atoms with Gasteiger partial charge < -0.3 is 10.2 Å². The first kappa shape index (κ1) is 15.8. The van der Waals surface area contributed by atoms with E-state index in [0.29, 0.717) is 0 Å². The maximum Gasteiger partial charge on any atom is 0.164 e. The third-order valence-corrected chi connectivity index (χ3v) is 4.74. The Morgan fingerprint density at radius 1 is 1.26 bits per heavy atom. The van der Waals surface area contributed by atoms with Crippen LogP contribution >= 0.6 is 11.3 Å². The highest BCUT2D eigenvalue weighted by Crippen LogP contribution is 2.31. The molecule has 0 saturated heterocycles. The molecule has 0 bridgehead atoms. The summed E-state index contributed by atoms with van der Waals surface area (Å²) in [7, 11) is 4.14. The van der Waals surface area contributed by atoms with E-state index in [1.165, 1.54) is 4.88 Å². The predicted molar refractivity (Wildman–Crippen MR) is 97.1 cm³/mol. The van der Waals surface area contributed by atoms with Gasteiger partial charge in [0.2, 0.25) is 0 Å². The third-order valence-electron chi connectivity index (χ3n) is 3.56. The van der Waals surface area contributed by atoms with Gasteiger partial charge in [0.1, 0.15) is 10.6 Å². The molecule has 0 aliphatic heterocycles. The van der Waals surface area contributed by atoms with Gasteiger partial charge in [0.05, 0.1) is 5.39 Å². The lowest BCUT2D eigenvalue weighted by Gasteiger charge is -2.12. The molecule has 0 unspecified atom stereocenters. The molecule has 0 aromatic carbocycles. The highest BCUT2D eigenvalue weighted by molar-refractivity contribution is 7.18. The molecule has 0 aliphatic rings. The molecule has 3 heterocycles. The standard InChI is InChI=1S/C17H21N5S/c1-4-13-10-14-16(19-8-9-22(2)3)20-15(21-17(14)23-13)12-6-5-7-18-11-12/h5-7,10-11H,4,8-9H2,1-3H3,(H,19,20,21). The molecule has 0 aliphatic carbocycles. The Morgan fingerprint density at radius 3 is 2.83 bits per heavy atom. The number of fused-ring (bicyclic) bond motifs is 1. The zero-order chi connectivity index (χ0) is 16.2. The summed E-state index contributed by atoms with van der Waals surface area (Å²) in [4.78, 5) is 18.2. The minimum atomic E-state index is 0.724. The quantitative estimate of drug-likeness (QED) is 0.753. The number of rotatable bonds is 6. The van der Waals surface area contributed by atoms with Crippen LogP contribution in [0, 0.1) is 0 Å². The van der Waals surface area contributed by atoms with Crippen LogP contribution in [-0.4, -0.2) is 47.0 Å². The Kier molecular flexibility index (Phi) is 4.83. The summed E-state index contributed by atoms with van der Waals surface area (Å²) in [5.41, 5.74) is 0.941. The average Bonchev–Trinajstić information content (AvgIpc) is 2.98. The van der Waals surface area contributed by atoms with E-state index in [1.54, 1.807) is 23.7 Å². The minimum absolute atomic E-state index is 0.724. The summed E-state index contributed by atoms with van der Waals surface area (Å²) >= 11 is 1.74. The van der Waals surface area contributed by atoms with Crippen LogP contribution in [-0.2, 0) is 6.42 Å². The molecule has 6 heteroatoms. The van der Waals surface area contributed by atoms with Gasteiger partial charge in [-0.15, -0.1) is 11.3 Å². The van der Waals surface area contributed by atoms with Gasteiger partial charge in [-0.2, -0.15) is 0 Å². The number of aromatic nitrogens is 3. The molecule has 0 radical (unpaired) electrons. The van der Waals surface area contributed by atoms with Crippen LogP contribution in [0.3, 0.4) is 0 Å². The van der Waals surface area contributed by atoms with Crippen molar-refractivity contribution in [2.75, 3.05) is 32.5 Å². The Hall–Kier alpha value is -2.05. The fourth-order valence-electron chi connectivity index (χ4n) is 2.30. The predicted octanol–water partition coefficient (Wildman–Crippen LogP) is 3.29. The van der Waals surface area contributed by atoms with Gasteiger partial charge in [-0.1, -0.05) is 6.92 Å². The Bertz CT molecular complexity index is 782. The van der Waals surface area contributed by atoms with Gasteiger partial charge in [-0.25, -0.2) is 9.97 Å². The Balaban J connectivity index is 2.02. The lowest BCUT2D eigenvalue weighted by atomic mass is 10.2. The molecule has 0 saturated carbocycles. The maximum atomic E-state index is 4.74. The molecule has 0 fully saturated rings. The van der Waals surface area contributed by atoms with Crippen molar-refractivity contribution < 1.29 is 0 Å². The van der Waals surface area contributed by atoms with Crippen LogP contribution in [0.4, 0.5) is 5.82 Å². The van der Waals surface area contributed by atoms with E-state index in [4.69, 9.17) is 9.97 Å². The van der Waals surface area contributed by atoms with Crippen molar-refractivity contribution in [1.29, 1.82) is 0 Å². The molecule has 3 aromatic heterocycles. The summed E-state index contributed by atoms with van der Waals surface area (Å²) in [6, 6.07) is 6.10. The number of hydrogen-bond donors (Lipinski definition) is 1. The van der Waals surface area contributed by atoms with Gasteiger partial charge in [0.25, 0.3) is 0 Å². The normalized spacial score (nSPS) is 11.3. The van der Waals surface area contributed by atoms with Crippen molar-refractivity contribution >= 4 is 27.4 Å². The van der Waals surface area contributed by atoms with E-state index < -0.39 is 0 Å². The van der Waals surface area contributed by atoms with Crippen molar-refractivity contribution in [3.05, 3.63) is 35.5 Å². The zero-order valence-electron chi connectivity index (χ0n) is 13.7. The second-order valence-corrected chi connectivity index (χ2v) is 6.77. The van der Waals surface area contributed by atoms with Crippen molar-refractivity contribution in [1.82, 2.24) is 19.9 Å². The van der Waals surface area contributed by atoms with Crippen LogP contribution in [0.1, 0.15) is 11.8 Å². The number of likely N-dealkylation sites (N-methyl/N-ethyl adjacent to an activating group) is 1. The largest absolute Gasteiger partial charge is 0.368 e. The lowest BCUT2D eigenvalue weighted by molar-refractivity contribution is 0.425. The first-order valence-corrected chi connectivity index (χ1v) is 8.58. The molecule has 1 N–H and O–H groups in total. The maximum absolute atomic E-state index is 4.74. The zero-order valence-corrected chi connectivity index (χ0v) is 14.5.